The topological polar surface area (TPSA) is 79.7 Å². The third-order valence-electron chi connectivity index (χ3n) is 6.26. The van der Waals surface area contributed by atoms with Gasteiger partial charge in [0.05, 0.1) is 23.6 Å². The molecule has 1 aliphatic heterocycles. The standard InChI is InChI=1S/C25H26FN5O2/c1-31(2)23-27-15-20(16-28-23)33-25-12-4-3-5-18(25)8-11-21(29-25)24(13-14-24)30-22(32)17-6-9-19(26)10-7-17/h5-11,15-16H,3-4,12-14H2,1-2H3,(H,30,32). The predicted octanol–water partition coefficient (Wildman–Crippen LogP) is 3.84. The Morgan fingerprint density at radius 1 is 1.09 bits per heavy atom. The molecule has 1 amide bonds. The van der Waals surface area contributed by atoms with Gasteiger partial charge in [0, 0.05) is 31.7 Å². The van der Waals surface area contributed by atoms with Crippen molar-refractivity contribution in [2.45, 2.75) is 43.4 Å². The van der Waals surface area contributed by atoms with Crippen LogP contribution in [0.25, 0.3) is 0 Å². The van der Waals surface area contributed by atoms with Gasteiger partial charge in [-0.1, -0.05) is 12.2 Å². The molecule has 1 fully saturated rings. The Kier molecular flexibility index (Phi) is 5.23. The molecule has 1 unspecified atom stereocenters. The fourth-order valence-electron chi connectivity index (χ4n) is 4.27. The first kappa shape index (κ1) is 21.3. The Labute approximate surface area is 192 Å². The van der Waals surface area contributed by atoms with E-state index in [0.29, 0.717) is 17.3 Å². The van der Waals surface area contributed by atoms with E-state index in [9.17, 15) is 9.18 Å². The first-order chi connectivity index (χ1) is 15.9. The molecular formula is C25H26FN5O2. The number of hydrogen-bond donors (Lipinski definition) is 1. The van der Waals surface area contributed by atoms with Crippen LogP contribution in [0.3, 0.4) is 0 Å². The molecule has 0 bridgehead atoms. The lowest BCUT2D eigenvalue weighted by atomic mass is 9.86. The van der Waals surface area contributed by atoms with Gasteiger partial charge in [0.1, 0.15) is 5.82 Å². The number of ether oxygens (including phenoxy) is 1. The van der Waals surface area contributed by atoms with E-state index in [0.717, 1.165) is 43.4 Å². The lowest BCUT2D eigenvalue weighted by Gasteiger charge is -2.38. The van der Waals surface area contributed by atoms with E-state index in [2.05, 4.69) is 21.4 Å². The zero-order valence-electron chi connectivity index (χ0n) is 18.7. The second-order valence-electron chi connectivity index (χ2n) is 8.92. The molecule has 2 aliphatic carbocycles. The van der Waals surface area contributed by atoms with Gasteiger partial charge in [0.25, 0.3) is 5.91 Å². The SMILES string of the molecule is CN(C)c1ncc(OC23CCCC=C2C=CC(C2(NC(=O)c4ccc(F)cc4)CC2)=N3)cn1. The van der Waals surface area contributed by atoms with Gasteiger partial charge in [0.2, 0.25) is 11.7 Å². The number of fused-ring (bicyclic) bond motifs is 1. The van der Waals surface area contributed by atoms with Crippen LogP contribution in [0, 0.1) is 5.82 Å². The third-order valence-corrected chi connectivity index (χ3v) is 6.26. The first-order valence-electron chi connectivity index (χ1n) is 11.1. The normalized spacial score (nSPS) is 22.5. The second kappa shape index (κ2) is 8.10. The first-order valence-corrected chi connectivity index (χ1v) is 11.1. The molecule has 0 saturated heterocycles. The van der Waals surface area contributed by atoms with Gasteiger partial charge in [-0.25, -0.2) is 19.4 Å². The average Bonchev–Trinajstić information content (AvgIpc) is 3.60. The fraction of sp³-hybridized carbons (Fsp3) is 0.360. The summed E-state index contributed by atoms with van der Waals surface area (Å²) in [5.41, 5.74) is 0.830. The average molecular weight is 448 g/mol. The van der Waals surface area contributed by atoms with Gasteiger partial charge in [-0.15, -0.1) is 0 Å². The van der Waals surface area contributed by atoms with Gasteiger partial charge in [-0.05, 0) is 56.0 Å². The van der Waals surface area contributed by atoms with Crippen molar-refractivity contribution in [2.75, 3.05) is 19.0 Å². The number of carbonyl (C=O) groups excluding carboxylic acids is 1. The number of nitrogens with zero attached hydrogens (tertiary/aromatic N) is 4. The van der Waals surface area contributed by atoms with Crippen molar-refractivity contribution in [1.82, 2.24) is 15.3 Å². The van der Waals surface area contributed by atoms with E-state index in [4.69, 9.17) is 9.73 Å². The molecule has 1 N–H and O–H groups in total. The summed E-state index contributed by atoms with van der Waals surface area (Å²) in [7, 11) is 3.77. The van der Waals surface area contributed by atoms with Crippen LogP contribution >= 0.6 is 0 Å². The molecule has 33 heavy (non-hydrogen) atoms. The summed E-state index contributed by atoms with van der Waals surface area (Å²) in [5.74, 6) is 0.543. The molecule has 170 valence electrons. The van der Waals surface area contributed by atoms with Crippen molar-refractivity contribution in [2.24, 2.45) is 4.99 Å². The molecular weight excluding hydrogens is 421 g/mol. The number of benzene rings is 1. The lowest BCUT2D eigenvalue weighted by molar-refractivity contribution is 0.0932. The van der Waals surface area contributed by atoms with E-state index in [1.54, 1.807) is 12.4 Å². The van der Waals surface area contributed by atoms with Gasteiger partial charge in [-0.3, -0.25) is 4.79 Å². The molecule has 7 nitrogen and oxygen atoms in total. The highest BCUT2D eigenvalue weighted by molar-refractivity contribution is 6.09. The molecule has 1 aromatic carbocycles. The van der Waals surface area contributed by atoms with Crippen LogP contribution < -0.4 is 15.0 Å². The number of anilines is 1. The van der Waals surface area contributed by atoms with E-state index in [1.807, 2.05) is 31.1 Å². The Hall–Kier alpha value is -3.55. The number of halogens is 1. The number of allylic oxidation sites excluding steroid dienone is 1. The zero-order valence-corrected chi connectivity index (χ0v) is 18.7. The number of dihydropyridines is 1. The predicted molar refractivity (Wildman–Crippen MR) is 124 cm³/mol. The second-order valence-corrected chi connectivity index (χ2v) is 8.92. The van der Waals surface area contributed by atoms with Crippen LogP contribution in [-0.4, -0.2) is 46.9 Å². The summed E-state index contributed by atoms with van der Waals surface area (Å²) >= 11 is 0. The summed E-state index contributed by atoms with van der Waals surface area (Å²) in [4.78, 5) is 28.4. The largest absolute Gasteiger partial charge is 0.459 e. The van der Waals surface area contributed by atoms with Gasteiger partial charge in [0.15, 0.2) is 5.75 Å². The van der Waals surface area contributed by atoms with Crippen LogP contribution in [0.4, 0.5) is 10.3 Å². The highest BCUT2D eigenvalue weighted by Gasteiger charge is 2.51. The van der Waals surface area contributed by atoms with Crippen molar-refractivity contribution in [3.8, 4) is 5.75 Å². The molecule has 5 rings (SSSR count). The van der Waals surface area contributed by atoms with E-state index < -0.39 is 11.3 Å². The molecule has 1 aromatic heterocycles. The number of aromatic nitrogens is 2. The van der Waals surface area contributed by atoms with Gasteiger partial charge >= 0.3 is 0 Å². The summed E-state index contributed by atoms with van der Waals surface area (Å²) in [6, 6.07) is 5.56. The summed E-state index contributed by atoms with van der Waals surface area (Å²) in [6.45, 7) is 0. The minimum atomic E-state index is -0.860. The Balaban J connectivity index is 1.42. The molecule has 1 atom stereocenters. The summed E-state index contributed by atoms with van der Waals surface area (Å²) in [6.07, 6.45) is 13.7. The third kappa shape index (κ3) is 4.13. The van der Waals surface area contributed by atoms with Crippen molar-refractivity contribution in [1.29, 1.82) is 0 Å². The van der Waals surface area contributed by atoms with Crippen molar-refractivity contribution in [3.05, 3.63) is 71.8 Å². The smallest absolute Gasteiger partial charge is 0.252 e. The molecule has 8 heteroatoms. The zero-order chi connectivity index (χ0) is 23.1. The minimum absolute atomic E-state index is 0.240. The Bertz CT molecular complexity index is 1150. The Morgan fingerprint density at radius 3 is 2.48 bits per heavy atom. The molecule has 2 heterocycles. The maximum absolute atomic E-state index is 13.2. The number of amides is 1. The number of nitrogens with one attached hydrogen (secondary N) is 1. The van der Waals surface area contributed by atoms with Crippen LogP contribution in [0.1, 0.15) is 42.5 Å². The quantitative estimate of drug-likeness (QED) is 0.728. The highest BCUT2D eigenvalue weighted by atomic mass is 19.1. The van der Waals surface area contributed by atoms with Crippen LogP contribution in [0.5, 0.6) is 5.75 Å². The van der Waals surface area contributed by atoms with Gasteiger partial charge < -0.3 is 15.0 Å². The van der Waals surface area contributed by atoms with Crippen molar-refractivity contribution in [3.63, 3.8) is 0 Å². The fourth-order valence-corrected chi connectivity index (χ4v) is 4.27. The molecule has 3 aliphatic rings. The molecule has 2 aromatic rings. The maximum atomic E-state index is 13.2. The maximum Gasteiger partial charge on any atom is 0.252 e. The molecule has 1 saturated carbocycles. The van der Waals surface area contributed by atoms with Crippen LogP contribution in [-0.2, 0) is 0 Å². The lowest BCUT2D eigenvalue weighted by Crippen LogP contribution is -2.47. The molecule has 0 spiro atoms. The number of rotatable bonds is 6. The van der Waals surface area contributed by atoms with Gasteiger partial charge in [-0.2, -0.15) is 0 Å². The minimum Gasteiger partial charge on any atom is -0.459 e. The number of aliphatic imine (C=N–C) groups is 1. The van der Waals surface area contributed by atoms with E-state index >= 15 is 0 Å². The Morgan fingerprint density at radius 2 is 1.82 bits per heavy atom. The molecule has 0 radical (unpaired) electrons. The van der Waals surface area contributed by atoms with Crippen molar-refractivity contribution >= 4 is 17.6 Å². The number of carbonyl (C=O) groups is 1. The monoisotopic (exact) mass is 447 g/mol. The number of hydrogen-bond acceptors (Lipinski definition) is 6. The van der Waals surface area contributed by atoms with E-state index in [-0.39, 0.29) is 11.7 Å². The van der Waals surface area contributed by atoms with Crippen molar-refractivity contribution < 1.29 is 13.9 Å². The highest BCUT2D eigenvalue weighted by Crippen LogP contribution is 2.44. The van der Waals surface area contributed by atoms with Crippen LogP contribution in [0.2, 0.25) is 0 Å². The van der Waals surface area contributed by atoms with Crippen LogP contribution in [0.15, 0.2) is 65.5 Å². The summed E-state index contributed by atoms with van der Waals surface area (Å²) in [5, 5.41) is 3.12. The summed E-state index contributed by atoms with van der Waals surface area (Å²) < 4.78 is 19.7. The van der Waals surface area contributed by atoms with E-state index in [1.165, 1.54) is 24.3 Å².